The second-order valence-corrected chi connectivity index (χ2v) is 5.73. The Labute approximate surface area is 99.7 Å². The predicted octanol–water partition coefficient (Wildman–Crippen LogP) is 3.24. The summed E-state index contributed by atoms with van der Waals surface area (Å²) in [5.41, 5.74) is 3.42. The van der Waals surface area contributed by atoms with Crippen molar-refractivity contribution < 1.29 is 1.41 Å². The molecule has 1 N–H and O–H groups in total. The highest BCUT2D eigenvalue weighted by Gasteiger charge is 2.40. The van der Waals surface area contributed by atoms with Gasteiger partial charge in [0.1, 0.15) is 1.41 Å². The molecule has 1 aliphatic heterocycles. The van der Waals surface area contributed by atoms with Crippen LogP contribution in [0.4, 0.5) is 0 Å². The van der Waals surface area contributed by atoms with Crippen molar-refractivity contribution in [2.75, 3.05) is 13.1 Å². The molecule has 2 fully saturated rings. The van der Waals surface area contributed by atoms with Gasteiger partial charge in [0.2, 0.25) is 0 Å². The van der Waals surface area contributed by atoms with Crippen molar-refractivity contribution in [1.29, 1.82) is 0 Å². The summed E-state index contributed by atoms with van der Waals surface area (Å²) in [5, 5.41) is 1.72. The molecule has 86 valence electrons. The predicted molar refractivity (Wildman–Crippen MR) is 67.7 cm³/mol. The number of benzene rings is 1. The monoisotopic (exact) mass is 216 g/mol. The van der Waals surface area contributed by atoms with Gasteiger partial charge in [0.15, 0.2) is 0 Å². The number of hydrogen-bond acceptors (Lipinski definition) is 1. The summed E-state index contributed by atoms with van der Waals surface area (Å²) >= 11 is 0. The van der Waals surface area contributed by atoms with E-state index in [0.29, 0.717) is 5.41 Å². The zero-order chi connectivity index (χ0) is 11.9. The molecule has 16 heavy (non-hydrogen) atoms. The summed E-state index contributed by atoms with van der Waals surface area (Å²) in [6.45, 7) is 4.19. The molecule has 1 spiro atoms. The molecule has 0 atom stereocenters. The van der Waals surface area contributed by atoms with Gasteiger partial charge in [-0.1, -0.05) is 29.8 Å². The zero-order valence-electron chi connectivity index (χ0n) is 11.1. The lowest BCUT2D eigenvalue weighted by Gasteiger charge is -2.47. The Morgan fingerprint density at radius 3 is 2.69 bits per heavy atom. The molecule has 0 bridgehead atoms. The summed E-state index contributed by atoms with van der Waals surface area (Å²) in [6, 6.07) is 9.00. The Morgan fingerprint density at radius 1 is 1.31 bits per heavy atom. The van der Waals surface area contributed by atoms with Gasteiger partial charge < -0.3 is 5.31 Å². The third-order valence-corrected chi connectivity index (χ3v) is 4.45. The highest BCUT2D eigenvalue weighted by molar-refractivity contribution is 5.26. The first-order valence-electron chi connectivity index (χ1n) is 6.92. The molecule has 3 rings (SSSR count). The average Bonchev–Trinajstić information content (AvgIpc) is 2.28. The summed E-state index contributed by atoms with van der Waals surface area (Å²) in [6.07, 6.45) is 5.27. The maximum Gasteiger partial charge on any atom is 0.122 e. The first-order chi connectivity index (χ1) is 8.17. The van der Waals surface area contributed by atoms with Gasteiger partial charge in [-0.05, 0) is 49.5 Å². The molecule has 1 aromatic rings. The Balaban J connectivity index is 1.65. The van der Waals surface area contributed by atoms with Crippen molar-refractivity contribution in [3.05, 3.63) is 35.4 Å². The average molecular weight is 216 g/mol. The van der Waals surface area contributed by atoms with Crippen molar-refractivity contribution in [3.8, 4) is 0 Å². The standard InChI is InChI=1S/C15H21N/c1-12-3-2-4-14(9-12)13-5-7-15(8-6-13)10-16-11-15/h2-4,9,13,16H,5-8,10-11H2,1H3/i/hD. The molecule has 0 radical (unpaired) electrons. The Morgan fingerprint density at radius 2 is 2.06 bits per heavy atom. The summed E-state index contributed by atoms with van der Waals surface area (Å²) in [5.74, 6) is 0.764. The van der Waals surface area contributed by atoms with Gasteiger partial charge in [-0.2, -0.15) is 0 Å². The second-order valence-electron chi connectivity index (χ2n) is 5.73. The van der Waals surface area contributed by atoms with Crippen LogP contribution in [-0.2, 0) is 0 Å². The van der Waals surface area contributed by atoms with Crippen LogP contribution in [0.3, 0.4) is 0 Å². The fourth-order valence-electron chi connectivity index (χ4n) is 3.23. The third-order valence-electron chi connectivity index (χ3n) is 4.45. The van der Waals surface area contributed by atoms with Gasteiger partial charge in [-0.3, -0.25) is 0 Å². The molecule has 0 amide bonds. The maximum absolute atomic E-state index is 7.55. The first kappa shape index (κ1) is 9.23. The minimum atomic E-state index is 0.516. The molecular formula is C15H21N. The molecule has 1 aromatic carbocycles. The molecule has 1 saturated heterocycles. The number of aryl methyl sites for hydroxylation is 1. The van der Waals surface area contributed by atoms with E-state index < -0.39 is 0 Å². The van der Waals surface area contributed by atoms with Crippen molar-refractivity contribution in [2.24, 2.45) is 5.41 Å². The van der Waals surface area contributed by atoms with Crippen molar-refractivity contribution in [1.82, 2.24) is 5.31 Å². The van der Waals surface area contributed by atoms with E-state index in [1.54, 1.807) is 5.31 Å². The Kier molecular flexibility index (Phi) is 2.24. The third kappa shape index (κ3) is 1.78. The van der Waals surface area contributed by atoms with Gasteiger partial charge in [0.05, 0.1) is 0 Å². The van der Waals surface area contributed by atoms with Crippen LogP contribution in [0, 0.1) is 12.3 Å². The van der Waals surface area contributed by atoms with E-state index in [4.69, 9.17) is 1.41 Å². The highest BCUT2D eigenvalue weighted by Crippen LogP contribution is 2.45. The van der Waals surface area contributed by atoms with E-state index >= 15 is 0 Å². The molecule has 1 aliphatic carbocycles. The normalized spacial score (nSPS) is 26.4. The largest absolute Gasteiger partial charge is 0.316 e. The number of rotatable bonds is 1. The number of hydrogen-bond donors (Lipinski definition) is 1. The maximum atomic E-state index is 7.55. The van der Waals surface area contributed by atoms with Crippen LogP contribution in [0.1, 0.15) is 42.7 Å². The molecular weight excluding hydrogens is 194 g/mol. The lowest BCUT2D eigenvalue weighted by molar-refractivity contribution is 0.0975. The van der Waals surface area contributed by atoms with Crippen LogP contribution in [0.5, 0.6) is 0 Å². The second kappa shape index (κ2) is 3.89. The van der Waals surface area contributed by atoms with Crippen molar-refractivity contribution in [3.63, 3.8) is 0 Å². The van der Waals surface area contributed by atoms with Crippen LogP contribution in [-0.4, -0.2) is 13.1 Å². The summed E-state index contributed by atoms with van der Waals surface area (Å²) < 4.78 is 7.55. The van der Waals surface area contributed by atoms with Gasteiger partial charge in [0, 0.05) is 13.1 Å². The van der Waals surface area contributed by atoms with Gasteiger partial charge in [-0.15, -0.1) is 0 Å². The number of nitrogens with one attached hydrogen (secondary N) is 1. The van der Waals surface area contributed by atoms with E-state index in [2.05, 4.69) is 31.2 Å². The fourth-order valence-corrected chi connectivity index (χ4v) is 3.23. The van der Waals surface area contributed by atoms with Crippen LogP contribution in [0.15, 0.2) is 24.3 Å². The lowest BCUT2D eigenvalue weighted by atomic mass is 9.66. The fraction of sp³-hybridized carbons (Fsp3) is 0.600. The first-order valence-corrected chi connectivity index (χ1v) is 6.47. The molecule has 1 saturated carbocycles. The quantitative estimate of drug-likeness (QED) is 0.760. The summed E-state index contributed by atoms with van der Waals surface area (Å²) in [4.78, 5) is 0. The molecule has 0 unspecified atom stereocenters. The summed E-state index contributed by atoms with van der Waals surface area (Å²) in [7, 11) is 0. The SMILES string of the molecule is [2H]N1CC2(CCC(c3cccc(C)c3)CC2)C1. The smallest absolute Gasteiger partial charge is 0.122 e. The molecule has 1 heterocycles. The lowest BCUT2D eigenvalue weighted by Crippen LogP contribution is -2.54. The molecule has 1 nitrogen and oxygen atoms in total. The minimum Gasteiger partial charge on any atom is -0.316 e. The van der Waals surface area contributed by atoms with E-state index in [0.717, 1.165) is 19.0 Å². The van der Waals surface area contributed by atoms with Gasteiger partial charge in [0.25, 0.3) is 0 Å². The van der Waals surface area contributed by atoms with E-state index in [-0.39, 0.29) is 0 Å². The van der Waals surface area contributed by atoms with Crippen LogP contribution in [0.25, 0.3) is 0 Å². The highest BCUT2D eigenvalue weighted by atomic mass is 15.0. The van der Waals surface area contributed by atoms with E-state index in [9.17, 15) is 0 Å². The van der Waals surface area contributed by atoms with Crippen LogP contribution < -0.4 is 5.31 Å². The zero-order valence-corrected chi connectivity index (χ0v) is 10.1. The Bertz CT molecular complexity index is 399. The van der Waals surface area contributed by atoms with Crippen molar-refractivity contribution in [2.45, 2.75) is 38.5 Å². The van der Waals surface area contributed by atoms with Gasteiger partial charge in [-0.25, -0.2) is 0 Å². The molecule has 2 aliphatic rings. The van der Waals surface area contributed by atoms with E-state index in [1.165, 1.54) is 36.8 Å². The minimum absolute atomic E-state index is 0.516. The molecule has 0 aromatic heterocycles. The van der Waals surface area contributed by atoms with Crippen LogP contribution in [0.2, 0.25) is 1.41 Å². The van der Waals surface area contributed by atoms with E-state index in [1.807, 2.05) is 0 Å². The van der Waals surface area contributed by atoms with Gasteiger partial charge >= 0.3 is 0 Å². The van der Waals surface area contributed by atoms with Crippen molar-refractivity contribution >= 4 is 0 Å². The Hall–Kier alpha value is -0.820. The topological polar surface area (TPSA) is 12.0 Å². The van der Waals surface area contributed by atoms with Crippen LogP contribution >= 0.6 is 0 Å². The molecule has 1 heteroatoms.